The molecule has 1 aromatic heterocycles. The Hall–Kier alpha value is -3.57. The topological polar surface area (TPSA) is 89.8 Å². The lowest BCUT2D eigenvalue weighted by molar-refractivity contribution is 0.103. The van der Waals surface area contributed by atoms with Crippen LogP contribution in [0.1, 0.15) is 22.8 Å². The van der Waals surface area contributed by atoms with E-state index in [2.05, 4.69) is 26.4 Å². The fourth-order valence-corrected chi connectivity index (χ4v) is 3.50. The molecule has 2 heterocycles. The van der Waals surface area contributed by atoms with Gasteiger partial charge in [-0.25, -0.2) is 4.39 Å². The fraction of sp³-hybridized carbons (Fsp3) is 0.136. The van der Waals surface area contributed by atoms with Gasteiger partial charge in [0.05, 0.1) is 23.5 Å². The molecule has 1 aliphatic rings. The Morgan fingerprint density at radius 1 is 1.27 bits per heavy atom. The Labute approximate surface area is 178 Å². The number of Topliss-reactive ketones (excluding diaryl/α,β-unsaturated/α-hetero) is 1. The first-order chi connectivity index (χ1) is 14.6. The van der Waals surface area contributed by atoms with Crippen LogP contribution in [-0.4, -0.2) is 17.4 Å². The van der Waals surface area contributed by atoms with Crippen LogP contribution in [0.15, 0.2) is 77.9 Å². The summed E-state index contributed by atoms with van der Waals surface area (Å²) in [5.41, 5.74) is 2.47. The van der Waals surface area contributed by atoms with E-state index in [4.69, 9.17) is 0 Å². The molecule has 0 amide bonds. The molecule has 152 valence electrons. The van der Waals surface area contributed by atoms with Crippen molar-refractivity contribution in [2.75, 3.05) is 11.4 Å². The zero-order chi connectivity index (χ0) is 21.3. The largest absolute Gasteiger partial charge is 0.373 e. The van der Waals surface area contributed by atoms with Crippen molar-refractivity contribution < 1.29 is 9.18 Å². The lowest BCUT2D eigenvalue weighted by Gasteiger charge is -2.12. The number of nitriles is 1. The molecule has 0 unspecified atom stereocenters. The SMILES string of the molecule is CC1=C\C(C#N)=C/NCN/C=C\1C(=O)c1cccc(NSCc2ccncc2)c1F. The smallest absolute Gasteiger partial charge is 0.197 e. The Balaban J connectivity index is 1.80. The lowest BCUT2D eigenvalue weighted by atomic mass is 9.96. The molecule has 2 aromatic rings. The number of pyridine rings is 1. The number of carbonyl (C=O) groups excluding carboxylic acids is 1. The fourth-order valence-electron chi connectivity index (χ4n) is 2.76. The second kappa shape index (κ2) is 10.3. The molecule has 0 fully saturated rings. The molecule has 0 saturated heterocycles. The Kier molecular flexibility index (Phi) is 7.24. The number of nitrogens with zero attached hydrogens (tertiary/aromatic N) is 2. The minimum Gasteiger partial charge on any atom is -0.373 e. The summed E-state index contributed by atoms with van der Waals surface area (Å²) in [5, 5.41) is 15.1. The molecule has 3 N–H and O–H groups in total. The number of aromatic nitrogens is 1. The van der Waals surface area contributed by atoms with Gasteiger partial charge in [-0.15, -0.1) is 0 Å². The van der Waals surface area contributed by atoms with Gasteiger partial charge >= 0.3 is 0 Å². The van der Waals surface area contributed by atoms with E-state index in [1.807, 2.05) is 12.1 Å². The average molecular weight is 422 g/mol. The molecule has 1 aliphatic heterocycles. The van der Waals surface area contributed by atoms with E-state index in [1.54, 1.807) is 43.7 Å². The molecule has 0 atom stereocenters. The first-order valence-electron chi connectivity index (χ1n) is 9.16. The van der Waals surface area contributed by atoms with E-state index in [0.717, 1.165) is 5.56 Å². The van der Waals surface area contributed by atoms with Gasteiger partial charge < -0.3 is 15.4 Å². The van der Waals surface area contributed by atoms with Crippen molar-refractivity contribution in [1.29, 1.82) is 5.26 Å². The van der Waals surface area contributed by atoms with E-state index in [0.29, 0.717) is 29.1 Å². The van der Waals surface area contributed by atoms with Crippen molar-refractivity contribution in [3.63, 3.8) is 0 Å². The maximum absolute atomic E-state index is 15.1. The van der Waals surface area contributed by atoms with Crippen molar-refractivity contribution in [3.8, 4) is 6.07 Å². The van der Waals surface area contributed by atoms with Crippen molar-refractivity contribution in [1.82, 2.24) is 15.6 Å². The Morgan fingerprint density at radius 3 is 2.80 bits per heavy atom. The molecule has 3 rings (SSSR count). The van der Waals surface area contributed by atoms with Gasteiger partial charge in [-0.3, -0.25) is 9.78 Å². The van der Waals surface area contributed by atoms with Gasteiger partial charge in [-0.2, -0.15) is 5.26 Å². The summed E-state index contributed by atoms with van der Waals surface area (Å²) in [5.74, 6) is -0.462. The predicted molar refractivity (Wildman–Crippen MR) is 117 cm³/mol. The van der Waals surface area contributed by atoms with Gasteiger partial charge in [0, 0.05) is 36.1 Å². The summed E-state index contributed by atoms with van der Waals surface area (Å²) in [6, 6.07) is 10.5. The van der Waals surface area contributed by atoms with Crippen molar-refractivity contribution in [2.45, 2.75) is 12.7 Å². The maximum atomic E-state index is 15.1. The van der Waals surface area contributed by atoms with Crippen LogP contribution in [0.2, 0.25) is 0 Å². The summed E-state index contributed by atoms with van der Waals surface area (Å²) in [7, 11) is 0. The predicted octanol–water partition coefficient (Wildman–Crippen LogP) is 4.05. The van der Waals surface area contributed by atoms with Crippen LogP contribution in [-0.2, 0) is 5.75 Å². The van der Waals surface area contributed by atoms with Crippen LogP contribution < -0.4 is 15.4 Å². The van der Waals surface area contributed by atoms with E-state index in [-0.39, 0.29) is 11.3 Å². The molecule has 1 aromatic carbocycles. The molecule has 0 bridgehead atoms. The third-order valence-electron chi connectivity index (χ3n) is 4.29. The Morgan fingerprint density at radius 2 is 2.03 bits per heavy atom. The van der Waals surface area contributed by atoms with Crippen LogP contribution in [0.4, 0.5) is 10.1 Å². The molecule has 0 spiro atoms. The van der Waals surface area contributed by atoms with Gasteiger partial charge in [0.1, 0.15) is 6.07 Å². The van der Waals surface area contributed by atoms with Crippen LogP contribution in [0.5, 0.6) is 0 Å². The molecule has 0 saturated carbocycles. The number of rotatable bonds is 6. The summed E-state index contributed by atoms with van der Waals surface area (Å²) in [6.07, 6.45) is 8.09. The van der Waals surface area contributed by atoms with Gasteiger partial charge in [-0.05, 0) is 60.3 Å². The number of nitrogens with one attached hydrogen (secondary N) is 3. The molecular formula is C22H20FN5OS. The number of ketones is 1. The minimum absolute atomic E-state index is 0.0417. The standard InChI is InChI=1S/C22H20FN5OS/c1-15-9-17(10-24)11-26-14-27-12-19(15)22(29)18-3-2-4-20(21(18)23)28-30-13-16-5-7-25-8-6-16/h2-9,11-12,26-28H,13-14H2,1H3/b15-9+,17-11+,19-12+. The van der Waals surface area contributed by atoms with Crippen molar-refractivity contribution >= 4 is 23.4 Å². The molecule has 0 radical (unpaired) electrons. The minimum atomic E-state index is -0.618. The average Bonchev–Trinajstić information content (AvgIpc) is 2.85. The van der Waals surface area contributed by atoms with Crippen LogP contribution in [0.25, 0.3) is 0 Å². The zero-order valence-electron chi connectivity index (χ0n) is 16.3. The van der Waals surface area contributed by atoms with Crippen LogP contribution in [0, 0.1) is 17.1 Å². The number of benzene rings is 1. The van der Waals surface area contributed by atoms with E-state index >= 15 is 4.39 Å². The Bertz CT molecular complexity index is 1060. The lowest BCUT2D eigenvalue weighted by Crippen LogP contribution is -2.21. The highest BCUT2D eigenvalue weighted by atomic mass is 32.2. The highest BCUT2D eigenvalue weighted by molar-refractivity contribution is 7.99. The van der Waals surface area contributed by atoms with E-state index < -0.39 is 11.6 Å². The number of halogens is 1. The normalized spacial score (nSPS) is 18.9. The third-order valence-corrected chi connectivity index (χ3v) is 5.13. The highest BCUT2D eigenvalue weighted by Gasteiger charge is 2.20. The molecule has 30 heavy (non-hydrogen) atoms. The second-order valence-electron chi connectivity index (χ2n) is 6.42. The zero-order valence-corrected chi connectivity index (χ0v) is 17.1. The number of anilines is 1. The molecule has 0 aliphatic carbocycles. The second-order valence-corrected chi connectivity index (χ2v) is 7.21. The number of allylic oxidation sites excluding steroid dienone is 4. The molecule has 8 heteroatoms. The van der Waals surface area contributed by atoms with Gasteiger partial charge in [0.15, 0.2) is 11.6 Å². The van der Waals surface area contributed by atoms with Crippen molar-refractivity contribution in [2.24, 2.45) is 0 Å². The van der Waals surface area contributed by atoms with E-state index in [1.165, 1.54) is 24.2 Å². The number of carbonyl (C=O) groups is 1. The first-order valence-corrected chi connectivity index (χ1v) is 10.1. The van der Waals surface area contributed by atoms with Crippen LogP contribution in [0.3, 0.4) is 0 Å². The molecule has 6 nitrogen and oxygen atoms in total. The van der Waals surface area contributed by atoms with Gasteiger partial charge in [0.2, 0.25) is 0 Å². The number of hydrogen-bond acceptors (Lipinski definition) is 7. The van der Waals surface area contributed by atoms with Gasteiger partial charge in [-0.1, -0.05) is 6.07 Å². The summed E-state index contributed by atoms with van der Waals surface area (Å²) < 4.78 is 18.1. The monoisotopic (exact) mass is 421 g/mol. The van der Waals surface area contributed by atoms with Gasteiger partial charge in [0.25, 0.3) is 0 Å². The summed E-state index contributed by atoms with van der Waals surface area (Å²) in [6.45, 7) is 2.05. The maximum Gasteiger partial charge on any atom is 0.197 e. The summed E-state index contributed by atoms with van der Waals surface area (Å²) >= 11 is 1.32. The number of hydrogen-bond donors (Lipinski definition) is 3. The molecular weight excluding hydrogens is 401 g/mol. The van der Waals surface area contributed by atoms with Crippen molar-refractivity contribution in [3.05, 3.63) is 94.9 Å². The first kappa shape index (κ1) is 21.1. The van der Waals surface area contributed by atoms with E-state index in [9.17, 15) is 10.1 Å². The quantitative estimate of drug-likeness (QED) is 0.479. The third kappa shape index (κ3) is 5.27. The van der Waals surface area contributed by atoms with Crippen LogP contribution >= 0.6 is 11.9 Å². The summed E-state index contributed by atoms with van der Waals surface area (Å²) in [4.78, 5) is 17.1. The highest BCUT2D eigenvalue weighted by Crippen LogP contribution is 2.26.